The number of aromatic hydroxyl groups is 1. The summed E-state index contributed by atoms with van der Waals surface area (Å²) in [7, 11) is 0. The molecule has 4 aromatic rings. The molecule has 4 rings (SSSR count). The van der Waals surface area contributed by atoms with E-state index in [1.807, 2.05) is 75.4 Å². The fraction of sp³-hybridized carbons (Fsp3) is 0.154. The van der Waals surface area contributed by atoms with Crippen molar-refractivity contribution in [1.82, 2.24) is 0 Å². The van der Waals surface area contributed by atoms with Crippen molar-refractivity contribution in [3.63, 3.8) is 0 Å². The Balaban J connectivity index is 1.66. The summed E-state index contributed by atoms with van der Waals surface area (Å²) in [6.45, 7) is 8.11. The molecule has 0 saturated heterocycles. The number of rotatable bonds is 4. The van der Waals surface area contributed by atoms with Gasteiger partial charge >= 0.3 is 0 Å². The van der Waals surface area contributed by atoms with Crippen LogP contribution in [-0.2, 0) is 0 Å². The molecular weight excluding hydrogens is 384 g/mol. The zero-order valence-corrected chi connectivity index (χ0v) is 18.1. The van der Waals surface area contributed by atoms with E-state index in [1.54, 1.807) is 6.07 Å². The Morgan fingerprint density at radius 3 is 1.87 bits per heavy atom. The Labute approximate surface area is 181 Å². The van der Waals surface area contributed by atoms with Crippen molar-refractivity contribution in [2.24, 2.45) is 20.5 Å². The van der Waals surface area contributed by atoms with Gasteiger partial charge in [0.05, 0.1) is 17.1 Å². The van der Waals surface area contributed by atoms with Crippen LogP contribution in [0.5, 0.6) is 5.75 Å². The van der Waals surface area contributed by atoms with Gasteiger partial charge in [-0.25, -0.2) is 0 Å². The summed E-state index contributed by atoms with van der Waals surface area (Å²) in [6, 6.07) is 21.1. The molecule has 0 aromatic heterocycles. The number of phenolic OH excluding ortho intramolecular Hbond substituents is 1. The number of phenols is 1. The molecule has 0 fully saturated rings. The van der Waals surface area contributed by atoms with E-state index in [-0.39, 0.29) is 5.75 Å². The Morgan fingerprint density at radius 1 is 0.548 bits per heavy atom. The highest BCUT2D eigenvalue weighted by molar-refractivity contribution is 5.95. The summed E-state index contributed by atoms with van der Waals surface area (Å²) in [6.07, 6.45) is 0. The van der Waals surface area contributed by atoms with Crippen LogP contribution in [0.1, 0.15) is 22.3 Å². The van der Waals surface area contributed by atoms with E-state index >= 15 is 0 Å². The molecule has 5 nitrogen and oxygen atoms in total. The van der Waals surface area contributed by atoms with Gasteiger partial charge in [-0.3, -0.25) is 0 Å². The van der Waals surface area contributed by atoms with Crippen molar-refractivity contribution in [3.8, 4) is 5.75 Å². The molecule has 0 heterocycles. The molecule has 154 valence electrons. The topological polar surface area (TPSA) is 69.7 Å². The maximum atomic E-state index is 10.3. The second-order valence-corrected chi connectivity index (χ2v) is 7.63. The summed E-state index contributed by atoms with van der Waals surface area (Å²) in [4.78, 5) is 0. The van der Waals surface area contributed by atoms with Crippen LogP contribution < -0.4 is 0 Å². The minimum absolute atomic E-state index is 0.107. The lowest BCUT2D eigenvalue weighted by Gasteiger charge is -2.08. The molecule has 31 heavy (non-hydrogen) atoms. The van der Waals surface area contributed by atoms with E-state index in [1.165, 1.54) is 5.56 Å². The number of azo groups is 2. The Morgan fingerprint density at radius 2 is 1.16 bits per heavy atom. The molecule has 0 unspecified atom stereocenters. The molecule has 5 heteroatoms. The molecule has 0 spiro atoms. The monoisotopic (exact) mass is 408 g/mol. The lowest BCUT2D eigenvalue weighted by atomic mass is 10.1. The molecule has 0 aliphatic heterocycles. The lowest BCUT2D eigenvalue weighted by molar-refractivity contribution is 0.477. The largest absolute Gasteiger partial charge is 0.506 e. The third kappa shape index (κ3) is 4.08. The van der Waals surface area contributed by atoms with Gasteiger partial charge in [0.25, 0.3) is 0 Å². The van der Waals surface area contributed by atoms with Crippen LogP contribution in [0.25, 0.3) is 10.8 Å². The van der Waals surface area contributed by atoms with Gasteiger partial charge in [-0.05, 0) is 79.6 Å². The molecular formula is C26H24N4O. The molecule has 1 N–H and O–H groups in total. The standard InChI is InChI=1S/C26H24N4O/c1-16-8-7-11-22(17(16)2)27-28-23-13-14-24(19(4)18(23)3)29-30-26-21-10-6-5-9-20(21)12-15-25(26)31/h5-15,31H,1-4H3. The first-order chi connectivity index (χ1) is 15.0. The summed E-state index contributed by atoms with van der Waals surface area (Å²) in [5, 5.41) is 29.9. The Bertz CT molecular complexity index is 1340. The first kappa shape index (κ1) is 20.4. The fourth-order valence-corrected chi connectivity index (χ4v) is 3.41. The third-order valence-corrected chi connectivity index (χ3v) is 5.71. The number of hydrogen-bond donors (Lipinski definition) is 1. The molecule has 0 amide bonds. The molecule has 0 radical (unpaired) electrons. The van der Waals surface area contributed by atoms with E-state index in [0.29, 0.717) is 5.69 Å². The van der Waals surface area contributed by atoms with Gasteiger partial charge in [-0.1, -0.05) is 42.5 Å². The van der Waals surface area contributed by atoms with Crippen molar-refractivity contribution < 1.29 is 5.11 Å². The molecule has 0 atom stereocenters. The number of aryl methyl sites for hydroxylation is 1. The van der Waals surface area contributed by atoms with E-state index in [2.05, 4.69) is 33.4 Å². The zero-order valence-electron chi connectivity index (χ0n) is 18.1. The Kier molecular flexibility index (Phi) is 5.58. The van der Waals surface area contributed by atoms with Gasteiger partial charge in [0.2, 0.25) is 0 Å². The number of hydrogen-bond acceptors (Lipinski definition) is 5. The summed E-state index contributed by atoms with van der Waals surface area (Å²) in [5.74, 6) is 0.107. The summed E-state index contributed by atoms with van der Waals surface area (Å²) < 4.78 is 0. The normalized spacial score (nSPS) is 11.7. The van der Waals surface area contributed by atoms with Gasteiger partial charge < -0.3 is 5.11 Å². The summed E-state index contributed by atoms with van der Waals surface area (Å²) in [5.41, 5.74) is 7.15. The smallest absolute Gasteiger partial charge is 0.143 e. The molecule has 0 aliphatic carbocycles. The van der Waals surface area contributed by atoms with E-state index in [9.17, 15) is 5.11 Å². The van der Waals surface area contributed by atoms with Gasteiger partial charge in [0, 0.05) is 5.39 Å². The van der Waals surface area contributed by atoms with Crippen LogP contribution in [0.3, 0.4) is 0 Å². The first-order valence-electron chi connectivity index (χ1n) is 10.2. The van der Waals surface area contributed by atoms with Crippen molar-refractivity contribution >= 4 is 33.5 Å². The van der Waals surface area contributed by atoms with Crippen LogP contribution in [0.2, 0.25) is 0 Å². The maximum Gasteiger partial charge on any atom is 0.143 e. The Hall–Kier alpha value is -3.86. The molecule has 0 aliphatic rings. The quantitative estimate of drug-likeness (QED) is 0.337. The van der Waals surface area contributed by atoms with Crippen LogP contribution in [0.15, 0.2) is 87.2 Å². The van der Waals surface area contributed by atoms with Crippen molar-refractivity contribution in [2.75, 3.05) is 0 Å². The second kappa shape index (κ2) is 8.48. The highest BCUT2D eigenvalue weighted by Gasteiger charge is 2.09. The number of nitrogens with zero attached hydrogens (tertiary/aromatic N) is 4. The van der Waals surface area contributed by atoms with Crippen molar-refractivity contribution in [3.05, 3.63) is 89.0 Å². The third-order valence-electron chi connectivity index (χ3n) is 5.71. The fourth-order valence-electron chi connectivity index (χ4n) is 3.41. The SMILES string of the molecule is Cc1cccc(N=Nc2ccc(N=Nc3c(O)ccc4ccccc34)c(C)c2C)c1C. The van der Waals surface area contributed by atoms with Crippen LogP contribution >= 0.6 is 0 Å². The number of benzene rings is 4. The maximum absolute atomic E-state index is 10.3. The predicted molar refractivity (Wildman–Crippen MR) is 126 cm³/mol. The summed E-state index contributed by atoms with van der Waals surface area (Å²) >= 11 is 0. The van der Waals surface area contributed by atoms with Crippen molar-refractivity contribution in [2.45, 2.75) is 27.7 Å². The predicted octanol–water partition coefficient (Wildman–Crippen LogP) is 8.61. The molecule has 4 aromatic carbocycles. The molecule has 0 saturated carbocycles. The van der Waals surface area contributed by atoms with Gasteiger partial charge in [0.15, 0.2) is 0 Å². The van der Waals surface area contributed by atoms with Gasteiger partial charge in [-0.2, -0.15) is 15.3 Å². The highest BCUT2D eigenvalue weighted by atomic mass is 16.3. The van der Waals surface area contributed by atoms with E-state index in [0.717, 1.165) is 44.5 Å². The minimum Gasteiger partial charge on any atom is -0.506 e. The average Bonchev–Trinajstić information content (AvgIpc) is 2.77. The highest BCUT2D eigenvalue weighted by Crippen LogP contribution is 2.37. The van der Waals surface area contributed by atoms with Crippen LogP contribution in [0.4, 0.5) is 22.7 Å². The van der Waals surface area contributed by atoms with Crippen molar-refractivity contribution in [1.29, 1.82) is 0 Å². The van der Waals surface area contributed by atoms with Gasteiger partial charge in [-0.15, -0.1) is 5.11 Å². The van der Waals surface area contributed by atoms with E-state index < -0.39 is 0 Å². The molecule has 0 bridgehead atoms. The van der Waals surface area contributed by atoms with E-state index in [4.69, 9.17) is 0 Å². The minimum atomic E-state index is 0.107. The zero-order chi connectivity index (χ0) is 22.0. The average molecular weight is 409 g/mol. The second-order valence-electron chi connectivity index (χ2n) is 7.63. The lowest BCUT2D eigenvalue weighted by Crippen LogP contribution is -1.83. The van der Waals surface area contributed by atoms with Gasteiger partial charge in [0.1, 0.15) is 11.4 Å². The van der Waals surface area contributed by atoms with Crippen LogP contribution in [-0.4, -0.2) is 5.11 Å². The first-order valence-corrected chi connectivity index (χ1v) is 10.2. The van der Waals surface area contributed by atoms with Crippen LogP contribution in [0, 0.1) is 27.7 Å². The number of fused-ring (bicyclic) bond motifs is 1.